The highest BCUT2D eigenvalue weighted by molar-refractivity contribution is 5.58. The minimum atomic E-state index is 0.292. The van der Waals surface area contributed by atoms with Crippen LogP contribution in [0.25, 0.3) is 11.5 Å². The van der Waals surface area contributed by atoms with Gasteiger partial charge in [-0.1, -0.05) is 13.0 Å². The van der Waals surface area contributed by atoms with Crippen molar-refractivity contribution in [3.63, 3.8) is 0 Å². The maximum absolute atomic E-state index is 5.89. The maximum Gasteiger partial charge on any atom is 0.180 e. The molecule has 2 aliphatic rings. The number of nitrogens with zero attached hydrogens (tertiary/aromatic N) is 3. The monoisotopic (exact) mass is 324 g/mol. The largest absolute Gasteiger partial charge is 0.376 e. The van der Waals surface area contributed by atoms with Crippen LogP contribution in [0.4, 0.5) is 5.82 Å². The van der Waals surface area contributed by atoms with Crippen molar-refractivity contribution in [3.05, 3.63) is 35.7 Å². The molecule has 0 bridgehead atoms. The first-order chi connectivity index (χ1) is 11.8. The molecule has 2 aromatic heterocycles. The van der Waals surface area contributed by atoms with Crippen LogP contribution in [0.5, 0.6) is 0 Å². The summed E-state index contributed by atoms with van der Waals surface area (Å²) in [4.78, 5) is 14.0. The fourth-order valence-corrected chi connectivity index (χ4v) is 3.71. The molecular formula is C19H24N4O. The van der Waals surface area contributed by atoms with Gasteiger partial charge in [0.1, 0.15) is 11.5 Å². The van der Waals surface area contributed by atoms with Gasteiger partial charge in [-0.25, -0.2) is 9.97 Å². The fourth-order valence-electron chi connectivity index (χ4n) is 3.71. The Hall–Kier alpha value is -2.01. The second-order valence-corrected chi connectivity index (χ2v) is 6.60. The van der Waals surface area contributed by atoms with Gasteiger partial charge in [-0.05, 0) is 50.7 Å². The molecule has 0 spiro atoms. The van der Waals surface area contributed by atoms with Crippen molar-refractivity contribution in [3.8, 4) is 11.5 Å². The smallest absolute Gasteiger partial charge is 0.180 e. The minimum absolute atomic E-state index is 0.292. The zero-order chi connectivity index (χ0) is 16.4. The second-order valence-electron chi connectivity index (χ2n) is 6.60. The van der Waals surface area contributed by atoms with Gasteiger partial charge < -0.3 is 10.1 Å². The van der Waals surface area contributed by atoms with Gasteiger partial charge in [-0.2, -0.15) is 0 Å². The summed E-state index contributed by atoms with van der Waals surface area (Å²) in [5.41, 5.74) is 3.29. The van der Waals surface area contributed by atoms with Crippen LogP contribution in [-0.4, -0.2) is 33.7 Å². The number of hydrogen-bond acceptors (Lipinski definition) is 5. The normalized spacial score (nSPS) is 20.8. The van der Waals surface area contributed by atoms with Gasteiger partial charge in [0.2, 0.25) is 0 Å². The predicted molar refractivity (Wildman–Crippen MR) is 94.0 cm³/mol. The van der Waals surface area contributed by atoms with Crippen molar-refractivity contribution in [2.45, 2.75) is 57.6 Å². The number of aromatic nitrogens is 3. The Balaban J connectivity index is 1.67. The summed E-state index contributed by atoms with van der Waals surface area (Å²) >= 11 is 0. The third kappa shape index (κ3) is 3.00. The molecule has 2 atom stereocenters. The zero-order valence-electron chi connectivity index (χ0n) is 14.2. The standard InChI is InChI=1S/C19H24N4O/c1-2-14(17-10-6-12-24-17)21-18-13-7-5-9-15(13)22-19(23-18)16-8-3-4-11-20-16/h3-4,8,11,14,17H,2,5-7,9-10,12H2,1H3,(H,21,22,23). The first kappa shape index (κ1) is 15.5. The summed E-state index contributed by atoms with van der Waals surface area (Å²) in [6, 6.07) is 6.18. The second kappa shape index (κ2) is 6.85. The molecule has 5 nitrogen and oxygen atoms in total. The van der Waals surface area contributed by atoms with Crippen molar-refractivity contribution < 1.29 is 4.74 Å². The van der Waals surface area contributed by atoms with E-state index in [1.807, 2.05) is 18.2 Å². The molecule has 3 heterocycles. The molecule has 24 heavy (non-hydrogen) atoms. The topological polar surface area (TPSA) is 59.9 Å². The van der Waals surface area contributed by atoms with Crippen molar-refractivity contribution in [1.82, 2.24) is 15.0 Å². The predicted octanol–water partition coefficient (Wildman–Crippen LogP) is 3.40. The van der Waals surface area contributed by atoms with E-state index in [2.05, 4.69) is 17.2 Å². The van der Waals surface area contributed by atoms with Crippen molar-refractivity contribution >= 4 is 5.82 Å². The molecule has 1 N–H and O–H groups in total. The van der Waals surface area contributed by atoms with Gasteiger partial charge in [0.25, 0.3) is 0 Å². The molecule has 1 saturated heterocycles. The van der Waals surface area contributed by atoms with Crippen LogP contribution >= 0.6 is 0 Å². The van der Waals surface area contributed by atoms with Gasteiger partial charge in [0.15, 0.2) is 5.82 Å². The van der Waals surface area contributed by atoms with Crippen LogP contribution in [-0.2, 0) is 17.6 Å². The lowest BCUT2D eigenvalue weighted by atomic mass is 10.1. The summed E-state index contributed by atoms with van der Waals surface area (Å²) in [7, 11) is 0. The third-order valence-electron chi connectivity index (χ3n) is 5.00. The van der Waals surface area contributed by atoms with Crippen LogP contribution in [0.15, 0.2) is 24.4 Å². The molecule has 1 aliphatic heterocycles. The van der Waals surface area contributed by atoms with Crippen LogP contribution in [0.1, 0.15) is 43.9 Å². The van der Waals surface area contributed by atoms with Crippen molar-refractivity contribution in [2.24, 2.45) is 0 Å². The highest BCUT2D eigenvalue weighted by Crippen LogP contribution is 2.30. The Morgan fingerprint density at radius 3 is 2.96 bits per heavy atom. The summed E-state index contributed by atoms with van der Waals surface area (Å²) < 4.78 is 5.89. The molecule has 126 valence electrons. The molecule has 2 aromatic rings. The van der Waals surface area contributed by atoms with Crippen molar-refractivity contribution in [1.29, 1.82) is 0 Å². The Morgan fingerprint density at radius 2 is 2.21 bits per heavy atom. The van der Waals surface area contributed by atoms with E-state index in [1.165, 1.54) is 11.3 Å². The first-order valence-electron chi connectivity index (χ1n) is 9.04. The van der Waals surface area contributed by atoms with Gasteiger partial charge in [-0.3, -0.25) is 4.98 Å². The number of nitrogens with one attached hydrogen (secondary N) is 1. The van der Waals surface area contributed by atoms with E-state index < -0.39 is 0 Å². The number of pyridine rings is 1. The highest BCUT2D eigenvalue weighted by atomic mass is 16.5. The molecule has 0 saturated carbocycles. The van der Waals surface area contributed by atoms with Crippen LogP contribution in [0.2, 0.25) is 0 Å². The third-order valence-corrected chi connectivity index (χ3v) is 5.00. The molecule has 4 rings (SSSR count). The van der Waals surface area contributed by atoms with Gasteiger partial charge in [-0.15, -0.1) is 0 Å². The molecule has 2 unspecified atom stereocenters. The molecular weight excluding hydrogens is 300 g/mol. The summed E-state index contributed by atoms with van der Waals surface area (Å²) in [6.07, 6.45) is 8.64. The molecule has 5 heteroatoms. The zero-order valence-corrected chi connectivity index (χ0v) is 14.2. The van der Waals surface area contributed by atoms with Gasteiger partial charge >= 0.3 is 0 Å². The van der Waals surface area contributed by atoms with E-state index in [1.54, 1.807) is 6.20 Å². The SMILES string of the molecule is CCC(Nc1nc(-c2ccccn2)nc2c1CCC2)C1CCCO1. The lowest BCUT2D eigenvalue weighted by molar-refractivity contribution is 0.0942. The molecule has 0 radical (unpaired) electrons. The quantitative estimate of drug-likeness (QED) is 0.913. The minimum Gasteiger partial charge on any atom is -0.376 e. The Bertz CT molecular complexity index is 698. The summed E-state index contributed by atoms with van der Waals surface area (Å²) in [5.74, 6) is 1.71. The van der Waals surface area contributed by atoms with Crippen LogP contribution < -0.4 is 5.32 Å². The van der Waals surface area contributed by atoms with E-state index in [0.29, 0.717) is 12.1 Å². The Kier molecular flexibility index (Phi) is 4.43. The molecule has 1 fully saturated rings. The lowest BCUT2D eigenvalue weighted by Crippen LogP contribution is -2.33. The Morgan fingerprint density at radius 1 is 1.25 bits per heavy atom. The molecule has 1 aliphatic carbocycles. The van der Waals surface area contributed by atoms with E-state index in [-0.39, 0.29) is 0 Å². The first-order valence-corrected chi connectivity index (χ1v) is 9.04. The number of anilines is 1. The van der Waals surface area contributed by atoms with Crippen molar-refractivity contribution in [2.75, 3.05) is 11.9 Å². The van der Waals surface area contributed by atoms with E-state index >= 15 is 0 Å². The number of fused-ring (bicyclic) bond motifs is 1. The van der Waals surface area contributed by atoms with Crippen LogP contribution in [0, 0.1) is 0 Å². The van der Waals surface area contributed by atoms with E-state index in [9.17, 15) is 0 Å². The molecule has 0 amide bonds. The Labute approximate surface area is 142 Å². The van der Waals surface area contributed by atoms with E-state index in [4.69, 9.17) is 14.7 Å². The number of hydrogen-bond donors (Lipinski definition) is 1. The average Bonchev–Trinajstić information content (AvgIpc) is 3.31. The lowest BCUT2D eigenvalue weighted by Gasteiger charge is -2.24. The summed E-state index contributed by atoms with van der Waals surface area (Å²) in [6.45, 7) is 3.09. The maximum atomic E-state index is 5.89. The average molecular weight is 324 g/mol. The molecule has 0 aromatic carbocycles. The summed E-state index contributed by atoms with van der Waals surface area (Å²) in [5, 5.41) is 3.68. The fraction of sp³-hybridized carbons (Fsp3) is 0.526. The number of rotatable bonds is 5. The van der Waals surface area contributed by atoms with Crippen LogP contribution in [0.3, 0.4) is 0 Å². The van der Waals surface area contributed by atoms with Gasteiger partial charge in [0, 0.05) is 24.1 Å². The highest BCUT2D eigenvalue weighted by Gasteiger charge is 2.27. The van der Waals surface area contributed by atoms with E-state index in [0.717, 1.165) is 62.5 Å². The number of ether oxygens (including phenoxy) is 1. The number of aryl methyl sites for hydroxylation is 1. The van der Waals surface area contributed by atoms with Gasteiger partial charge in [0.05, 0.1) is 12.1 Å².